The zero-order chi connectivity index (χ0) is 22.1. The number of alkyl halides is 3. The lowest BCUT2D eigenvalue weighted by atomic mass is 10.1. The summed E-state index contributed by atoms with van der Waals surface area (Å²) in [6, 6.07) is 13.1. The van der Waals surface area contributed by atoms with Gasteiger partial charge in [-0.1, -0.05) is 36.4 Å². The van der Waals surface area contributed by atoms with E-state index in [0.29, 0.717) is 10.6 Å². The Morgan fingerprint density at radius 3 is 2.30 bits per heavy atom. The van der Waals surface area contributed by atoms with E-state index in [0.717, 1.165) is 6.07 Å². The maximum Gasteiger partial charge on any atom is 0.406 e. The number of carbonyl (C=O) groups is 2. The Labute approximate surface area is 169 Å². The third-order valence-corrected chi connectivity index (χ3v) is 3.93. The number of benzene rings is 2. The summed E-state index contributed by atoms with van der Waals surface area (Å²) in [5.74, 6) is -0.898. The smallest absolute Gasteiger partial charge is 0.337 e. The number of para-hydroxylation sites is 2. The molecular weight excluding hydrogens is 405 g/mol. The van der Waals surface area contributed by atoms with Crippen LogP contribution >= 0.6 is 0 Å². The Kier molecular flexibility index (Phi) is 7.73. The molecule has 2 rings (SSSR count). The van der Waals surface area contributed by atoms with E-state index in [1.807, 2.05) is 0 Å². The third-order valence-electron chi connectivity index (χ3n) is 3.93. The molecule has 8 nitrogen and oxygen atoms in total. The van der Waals surface area contributed by atoms with Gasteiger partial charge >= 0.3 is 12.2 Å². The number of hydrogen-bond acceptors (Lipinski definition) is 4. The number of rotatable bonds is 8. The minimum Gasteiger partial charge on any atom is -0.337 e. The predicted octanol–water partition coefficient (Wildman–Crippen LogP) is 3.70. The van der Waals surface area contributed by atoms with Crippen LogP contribution in [0.3, 0.4) is 0 Å². The number of anilines is 1. The van der Waals surface area contributed by atoms with Crippen LogP contribution in [0.2, 0.25) is 0 Å². The first-order chi connectivity index (χ1) is 14.2. The fraction of sp³-hybridized carbons (Fsp3) is 0.263. The summed E-state index contributed by atoms with van der Waals surface area (Å²) >= 11 is 0. The molecule has 0 spiro atoms. The van der Waals surface area contributed by atoms with E-state index >= 15 is 0 Å². The van der Waals surface area contributed by atoms with E-state index in [2.05, 4.69) is 10.6 Å². The fourth-order valence-corrected chi connectivity index (χ4v) is 2.61. The second-order valence-electron chi connectivity index (χ2n) is 6.25. The highest BCUT2D eigenvalue weighted by atomic mass is 19.4. The summed E-state index contributed by atoms with van der Waals surface area (Å²) in [5, 5.41) is 16.0. The maximum atomic E-state index is 12.9. The minimum atomic E-state index is -4.68. The molecule has 0 saturated heterocycles. The van der Waals surface area contributed by atoms with Crippen LogP contribution in [0.1, 0.15) is 12.0 Å². The van der Waals surface area contributed by atoms with Gasteiger partial charge in [0.15, 0.2) is 0 Å². The zero-order valence-corrected chi connectivity index (χ0v) is 15.7. The first kappa shape index (κ1) is 22.7. The van der Waals surface area contributed by atoms with Crippen molar-refractivity contribution in [3.05, 3.63) is 70.3 Å². The van der Waals surface area contributed by atoms with Gasteiger partial charge in [0.1, 0.15) is 6.54 Å². The van der Waals surface area contributed by atoms with Gasteiger partial charge in [0.25, 0.3) is 5.69 Å². The molecule has 0 unspecified atom stereocenters. The molecule has 0 aliphatic carbocycles. The molecule has 2 aromatic rings. The van der Waals surface area contributed by atoms with Crippen molar-refractivity contribution in [2.45, 2.75) is 19.1 Å². The van der Waals surface area contributed by atoms with E-state index in [1.54, 1.807) is 30.3 Å². The number of hydrogen-bond donors (Lipinski definition) is 2. The molecule has 0 bridgehead atoms. The number of nitrogens with zero attached hydrogens (tertiary/aromatic N) is 2. The van der Waals surface area contributed by atoms with Gasteiger partial charge in [0.05, 0.1) is 11.5 Å². The molecule has 0 heterocycles. The average molecular weight is 424 g/mol. The van der Waals surface area contributed by atoms with Gasteiger partial charge in [-0.05, 0) is 12.1 Å². The number of amides is 3. The van der Waals surface area contributed by atoms with Crippen molar-refractivity contribution in [1.82, 2.24) is 10.2 Å². The number of halogens is 3. The standard InChI is InChI=1S/C19H19F3N4O4/c20-19(21,22)13-25(12-14-6-4-5-9-16(14)26(29)30)17(27)10-11-23-18(28)24-15-7-2-1-3-8-15/h1-9H,10-13H2,(H2,23,24,28). The lowest BCUT2D eigenvalue weighted by molar-refractivity contribution is -0.385. The molecule has 0 aliphatic rings. The van der Waals surface area contributed by atoms with Crippen molar-refractivity contribution >= 4 is 23.3 Å². The minimum absolute atomic E-state index is 0.0186. The summed E-state index contributed by atoms with van der Waals surface area (Å²) in [4.78, 5) is 35.0. The van der Waals surface area contributed by atoms with E-state index < -0.39 is 42.5 Å². The highest BCUT2D eigenvalue weighted by molar-refractivity contribution is 5.89. The Hall–Kier alpha value is -3.63. The lowest BCUT2D eigenvalue weighted by Gasteiger charge is -2.24. The summed E-state index contributed by atoms with van der Waals surface area (Å²) < 4.78 is 38.7. The molecule has 0 aromatic heterocycles. The Balaban J connectivity index is 1.98. The Bertz CT molecular complexity index is 891. The molecule has 2 aromatic carbocycles. The number of urea groups is 1. The van der Waals surface area contributed by atoms with Gasteiger partial charge in [0, 0.05) is 30.3 Å². The molecular formula is C19H19F3N4O4. The number of nitro groups is 1. The molecule has 11 heteroatoms. The maximum absolute atomic E-state index is 12.9. The van der Waals surface area contributed by atoms with Crippen LogP contribution in [0.25, 0.3) is 0 Å². The van der Waals surface area contributed by atoms with Gasteiger partial charge < -0.3 is 15.5 Å². The lowest BCUT2D eigenvalue weighted by Crippen LogP contribution is -2.40. The monoisotopic (exact) mass is 424 g/mol. The molecule has 2 N–H and O–H groups in total. The van der Waals surface area contributed by atoms with Crippen LogP contribution in [0.5, 0.6) is 0 Å². The summed E-state index contributed by atoms with van der Waals surface area (Å²) in [5.41, 5.74) is 0.115. The molecule has 0 saturated carbocycles. The number of carbonyl (C=O) groups excluding carboxylic acids is 2. The first-order valence-electron chi connectivity index (χ1n) is 8.82. The summed E-state index contributed by atoms with van der Waals surface area (Å²) in [7, 11) is 0. The first-order valence-corrected chi connectivity index (χ1v) is 8.82. The van der Waals surface area contributed by atoms with E-state index in [9.17, 15) is 32.9 Å². The molecule has 0 fully saturated rings. The van der Waals surface area contributed by atoms with Gasteiger partial charge in [-0.25, -0.2) is 4.79 Å². The molecule has 0 radical (unpaired) electrons. The predicted molar refractivity (Wildman–Crippen MR) is 103 cm³/mol. The number of nitro benzene ring substituents is 1. The van der Waals surface area contributed by atoms with Crippen molar-refractivity contribution < 1.29 is 27.7 Å². The van der Waals surface area contributed by atoms with Crippen molar-refractivity contribution in [3.8, 4) is 0 Å². The molecule has 0 aliphatic heterocycles. The largest absolute Gasteiger partial charge is 0.406 e. The second-order valence-corrected chi connectivity index (χ2v) is 6.25. The van der Waals surface area contributed by atoms with Crippen molar-refractivity contribution in [3.63, 3.8) is 0 Å². The third kappa shape index (κ3) is 7.41. The van der Waals surface area contributed by atoms with E-state index in [1.165, 1.54) is 18.2 Å². The van der Waals surface area contributed by atoms with Crippen LogP contribution in [0.15, 0.2) is 54.6 Å². The molecule has 160 valence electrons. The number of nitrogens with one attached hydrogen (secondary N) is 2. The van der Waals surface area contributed by atoms with Crippen LogP contribution in [0.4, 0.5) is 29.3 Å². The Morgan fingerprint density at radius 1 is 1.03 bits per heavy atom. The van der Waals surface area contributed by atoms with Crippen molar-refractivity contribution in [1.29, 1.82) is 0 Å². The van der Waals surface area contributed by atoms with Crippen molar-refractivity contribution in [2.24, 2.45) is 0 Å². The van der Waals surface area contributed by atoms with Crippen LogP contribution in [-0.4, -0.2) is 41.0 Å². The topological polar surface area (TPSA) is 105 Å². The fourth-order valence-electron chi connectivity index (χ4n) is 2.61. The van der Waals surface area contributed by atoms with Crippen LogP contribution < -0.4 is 10.6 Å². The van der Waals surface area contributed by atoms with Crippen LogP contribution in [-0.2, 0) is 11.3 Å². The van der Waals surface area contributed by atoms with Gasteiger partial charge in [-0.3, -0.25) is 14.9 Å². The Morgan fingerprint density at radius 2 is 1.67 bits per heavy atom. The van der Waals surface area contributed by atoms with E-state index in [4.69, 9.17) is 0 Å². The van der Waals surface area contributed by atoms with Crippen molar-refractivity contribution in [2.75, 3.05) is 18.4 Å². The van der Waals surface area contributed by atoms with Gasteiger partial charge in [0.2, 0.25) is 5.91 Å². The average Bonchev–Trinajstić information content (AvgIpc) is 2.67. The molecule has 30 heavy (non-hydrogen) atoms. The summed E-state index contributed by atoms with van der Waals surface area (Å²) in [6.07, 6.45) is -5.09. The normalized spacial score (nSPS) is 10.9. The van der Waals surface area contributed by atoms with Crippen LogP contribution in [0, 0.1) is 10.1 Å². The molecule has 0 atom stereocenters. The molecule has 3 amide bonds. The van der Waals surface area contributed by atoms with Gasteiger partial charge in [-0.15, -0.1) is 0 Å². The highest BCUT2D eigenvalue weighted by Crippen LogP contribution is 2.23. The second kappa shape index (κ2) is 10.2. The SMILES string of the molecule is O=C(NCCC(=O)N(Cc1ccccc1[N+](=O)[O-])CC(F)(F)F)Nc1ccccc1. The summed E-state index contributed by atoms with van der Waals surface area (Å²) in [6.45, 7) is -2.34. The highest BCUT2D eigenvalue weighted by Gasteiger charge is 2.33. The zero-order valence-electron chi connectivity index (χ0n) is 15.7. The van der Waals surface area contributed by atoms with Gasteiger partial charge in [-0.2, -0.15) is 13.2 Å². The quantitative estimate of drug-likeness (QED) is 0.498. The van der Waals surface area contributed by atoms with E-state index in [-0.39, 0.29) is 17.8 Å².